The Kier molecular flexibility index (Phi) is 2.49. The van der Waals surface area contributed by atoms with E-state index < -0.39 is 11.5 Å². The van der Waals surface area contributed by atoms with Gasteiger partial charge in [0.05, 0.1) is 17.6 Å². The lowest BCUT2D eigenvalue weighted by atomic mass is 9.81. The van der Waals surface area contributed by atoms with Crippen molar-refractivity contribution in [1.82, 2.24) is 0 Å². The Hall–Kier alpha value is -0.880. The van der Waals surface area contributed by atoms with Crippen molar-refractivity contribution < 1.29 is 9.90 Å². The first-order chi connectivity index (χ1) is 5.61. The first-order valence-electron chi connectivity index (χ1n) is 4.19. The lowest BCUT2D eigenvalue weighted by Gasteiger charge is -2.24. The van der Waals surface area contributed by atoms with Crippen molar-refractivity contribution in [2.45, 2.75) is 38.7 Å². The molecule has 0 aromatic rings. The third-order valence-corrected chi connectivity index (χ3v) is 2.77. The minimum atomic E-state index is -0.643. The van der Waals surface area contributed by atoms with Crippen LogP contribution in [-0.2, 0) is 4.79 Å². The van der Waals surface area contributed by atoms with Crippen LogP contribution in [-0.4, -0.2) is 17.0 Å². The van der Waals surface area contributed by atoms with Gasteiger partial charge in [-0.2, -0.15) is 5.26 Å². The molecule has 12 heavy (non-hydrogen) atoms. The Morgan fingerprint density at radius 3 is 2.92 bits per heavy atom. The summed E-state index contributed by atoms with van der Waals surface area (Å²) in [4.78, 5) is 11.3. The number of hydrogen-bond acceptors (Lipinski definition) is 3. The minimum Gasteiger partial charge on any atom is -0.392 e. The topological polar surface area (TPSA) is 61.1 Å². The molecule has 1 aliphatic rings. The summed E-state index contributed by atoms with van der Waals surface area (Å²) in [6, 6.07) is 2.00. The minimum absolute atomic E-state index is 0.102. The van der Waals surface area contributed by atoms with Gasteiger partial charge in [0, 0.05) is 12.8 Å². The lowest BCUT2D eigenvalue weighted by Crippen LogP contribution is -2.32. The SMILES string of the molecule is C[C@]1(CCC#N)C(=O)CC[C@H]1O. The van der Waals surface area contributed by atoms with Gasteiger partial charge in [0.25, 0.3) is 0 Å². The smallest absolute Gasteiger partial charge is 0.141 e. The Balaban J connectivity index is 2.67. The molecular formula is C9H13NO2. The van der Waals surface area contributed by atoms with Crippen molar-refractivity contribution >= 4 is 5.78 Å². The number of aliphatic hydroxyl groups is 1. The Labute approximate surface area is 72.0 Å². The van der Waals surface area contributed by atoms with Gasteiger partial charge in [-0.15, -0.1) is 0 Å². The van der Waals surface area contributed by atoms with Gasteiger partial charge in [-0.1, -0.05) is 6.92 Å². The summed E-state index contributed by atoms with van der Waals surface area (Å²) in [7, 11) is 0. The molecule has 0 aromatic heterocycles. The predicted octanol–water partition coefficient (Wildman–Crippen LogP) is 1.02. The number of nitrogens with zero attached hydrogens (tertiary/aromatic N) is 1. The molecule has 0 bridgehead atoms. The first-order valence-corrected chi connectivity index (χ1v) is 4.19. The maximum Gasteiger partial charge on any atom is 0.141 e. The van der Waals surface area contributed by atoms with E-state index in [1.165, 1.54) is 0 Å². The molecule has 1 rings (SSSR count). The van der Waals surface area contributed by atoms with E-state index in [9.17, 15) is 9.90 Å². The maximum atomic E-state index is 11.3. The van der Waals surface area contributed by atoms with Crippen molar-refractivity contribution in [2.75, 3.05) is 0 Å². The molecule has 3 nitrogen and oxygen atoms in total. The fourth-order valence-corrected chi connectivity index (χ4v) is 1.68. The molecule has 0 aromatic carbocycles. The molecule has 66 valence electrons. The average molecular weight is 167 g/mol. The molecule has 1 fully saturated rings. The molecule has 0 radical (unpaired) electrons. The molecular weight excluding hydrogens is 154 g/mol. The Bertz CT molecular complexity index is 231. The van der Waals surface area contributed by atoms with Crippen molar-refractivity contribution in [3.8, 4) is 6.07 Å². The van der Waals surface area contributed by atoms with Crippen LogP contribution in [0.15, 0.2) is 0 Å². The molecule has 3 heteroatoms. The summed E-state index contributed by atoms with van der Waals surface area (Å²) in [6.45, 7) is 1.75. The summed E-state index contributed by atoms with van der Waals surface area (Å²) in [6.07, 6.45) is 1.31. The van der Waals surface area contributed by atoms with Crippen LogP contribution >= 0.6 is 0 Å². The predicted molar refractivity (Wildman–Crippen MR) is 43.2 cm³/mol. The number of Topliss-reactive ketones (excluding diaryl/α,β-unsaturated/α-hetero) is 1. The second-order valence-electron chi connectivity index (χ2n) is 3.55. The number of carbonyl (C=O) groups is 1. The molecule has 0 amide bonds. The van der Waals surface area contributed by atoms with Crippen LogP contribution < -0.4 is 0 Å². The second-order valence-corrected chi connectivity index (χ2v) is 3.55. The molecule has 0 unspecified atom stereocenters. The number of aliphatic hydroxyl groups excluding tert-OH is 1. The molecule has 0 aliphatic heterocycles. The second kappa shape index (κ2) is 3.24. The number of hydrogen-bond donors (Lipinski definition) is 1. The number of ketones is 1. The molecule has 1 aliphatic carbocycles. The summed E-state index contributed by atoms with van der Waals surface area (Å²) >= 11 is 0. The number of nitriles is 1. The van der Waals surface area contributed by atoms with E-state index in [1.807, 2.05) is 6.07 Å². The fraction of sp³-hybridized carbons (Fsp3) is 0.778. The van der Waals surface area contributed by atoms with Gasteiger partial charge in [-0.05, 0) is 12.8 Å². The van der Waals surface area contributed by atoms with E-state index >= 15 is 0 Å². The van der Waals surface area contributed by atoms with Gasteiger partial charge in [-0.25, -0.2) is 0 Å². The van der Waals surface area contributed by atoms with Crippen LogP contribution in [0.5, 0.6) is 0 Å². The van der Waals surface area contributed by atoms with Crippen LogP contribution in [0.25, 0.3) is 0 Å². The number of carbonyl (C=O) groups excluding carboxylic acids is 1. The molecule has 1 saturated carbocycles. The van der Waals surface area contributed by atoms with E-state index in [1.54, 1.807) is 6.92 Å². The number of rotatable bonds is 2. The lowest BCUT2D eigenvalue weighted by molar-refractivity contribution is -0.128. The summed E-state index contributed by atoms with van der Waals surface area (Å²) in [5.41, 5.74) is -0.643. The zero-order valence-electron chi connectivity index (χ0n) is 7.21. The van der Waals surface area contributed by atoms with Crippen LogP contribution in [0.2, 0.25) is 0 Å². The first kappa shape index (κ1) is 9.21. The zero-order chi connectivity index (χ0) is 9.19. The highest BCUT2D eigenvalue weighted by Crippen LogP contribution is 2.38. The quantitative estimate of drug-likeness (QED) is 0.668. The normalized spacial score (nSPS) is 35.1. The van der Waals surface area contributed by atoms with Crippen LogP contribution in [0.3, 0.4) is 0 Å². The third-order valence-electron chi connectivity index (χ3n) is 2.77. The fourth-order valence-electron chi connectivity index (χ4n) is 1.68. The van der Waals surface area contributed by atoms with E-state index in [0.29, 0.717) is 25.7 Å². The average Bonchev–Trinajstić information content (AvgIpc) is 2.30. The maximum absolute atomic E-state index is 11.3. The highest BCUT2D eigenvalue weighted by molar-refractivity contribution is 5.87. The van der Waals surface area contributed by atoms with Gasteiger partial charge in [0.2, 0.25) is 0 Å². The van der Waals surface area contributed by atoms with E-state index in [4.69, 9.17) is 5.26 Å². The molecule has 0 saturated heterocycles. The molecule has 0 spiro atoms. The largest absolute Gasteiger partial charge is 0.392 e. The summed E-state index contributed by atoms with van der Waals surface area (Å²) in [5.74, 6) is 0.102. The molecule has 0 heterocycles. The van der Waals surface area contributed by atoms with E-state index in [2.05, 4.69) is 0 Å². The van der Waals surface area contributed by atoms with Gasteiger partial charge in [0.1, 0.15) is 5.78 Å². The van der Waals surface area contributed by atoms with Gasteiger partial charge in [-0.3, -0.25) is 4.79 Å². The third kappa shape index (κ3) is 1.35. The van der Waals surface area contributed by atoms with Crippen molar-refractivity contribution in [3.05, 3.63) is 0 Å². The van der Waals surface area contributed by atoms with Crippen LogP contribution in [0, 0.1) is 16.7 Å². The Morgan fingerprint density at radius 2 is 2.50 bits per heavy atom. The summed E-state index contributed by atoms with van der Waals surface area (Å²) < 4.78 is 0. The monoisotopic (exact) mass is 167 g/mol. The van der Waals surface area contributed by atoms with E-state index in [-0.39, 0.29) is 5.78 Å². The molecule has 2 atom stereocenters. The van der Waals surface area contributed by atoms with E-state index in [0.717, 1.165) is 0 Å². The standard InChI is InChI=1S/C9H13NO2/c1-9(5-2-6-10)7(11)3-4-8(9)12/h7,11H,2-5H2,1H3/t7-,9-/m1/s1. The van der Waals surface area contributed by atoms with Crippen molar-refractivity contribution in [1.29, 1.82) is 5.26 Å². The summed E-state index contributed by atoms with van der Waals surface area (Å²) in [5, 5.41) is 17.9. The Morgan fingerprint density at radius 1 is 1.83 bits per heavy atom. The van der Waals surface area contributed by atoms with Crippen molar-refractivity contribution in [3.63, 3.8) is 0 Å². The van der Waals surface area contributed by atoms with Gasteiger partial charge in [0.15, 0.2) is 0 Å². The highest BCUT2D eigenvalue weighted by Gasteiger charge is 2.44. The van der Waals surface area contributed by atoms with Crippen LogP contribution in [0.1, 0.15) is 32.6 Å². The van der Waals surface area contributed by atoms with Crippen LogP contribution in [0.4, 0.5) is 0 Å². The van der Waals surface area contributed by atoms with Gasteiger partial charge < -0.3 is 5.11 Å². The zero-order valence-corrected chi connectivity index (χ0v) is 7.21. The van der Waals surface area contributed by atoms with Gasteiger partial charge >= 0.3 is 0 Å². The highest BCUT2D eigenvalue weighted by atomic mass is 16.3. The van der Waals surface area contributed by atoms with Crippen molar-refractivity contribution in [2.24, 2.45) is 5.41 Å². The molecule has 1 N–H and O–H groups in total.